The number of aromatic nitrogens is 3. The van der Waals surface area contributed by atoms with E-state index >= 15 is 0 Å². The quantitative estimate of drug-likeness (QED) is 0.684. The minimum absolute atomic E-state index is 0.211. The van der Waals surface area contributed by atoms with Gasteiger partial charge in [-0.2, -0.15) is 18.3 Å². The molecule has 0 saturated carbocycles. The summed E-state index contributed by atoms with van der Waals surface area (Å²) in [5.74, 6) is 0.0326. The summed E-state index contributed by atoms with van der Waals surface area (Å²) in [6, 6.07) is 5.46. The number of anilines is 1. The monoisotopic (exact) mass is 406 g/mol. The average Bonchev–Trinajstić information content (AvgIpc) is 3.30. The molecule has 1 N–H and O–H groups in total. The summed E-state index contributed by atoms with van der Waals surface area (Å²) in [5, 5.41) is 6.28. The van der Waals surface area contributed by atoms with E-state index in [1.807, 2.05) is 6.07 Å². The largest absolute Gasteiger partial charge is 0.418 e. The molecule has 0 fully saturated rings. The van der Waals surface area contributed by atoms with Gasteiger partial charge in [0.1, 0.15) is 12.7 Å². The van der Waals surface area contributed by atoms with Crippen molar-refractivity contribution in [1.29, 1.82) is 0 Å². The molecular formula is C19H17F3N4OS. The summed E-state index contributed by atoms with van der Waals surface area (Å²) in [4.78, 5) is 17.9. The topological polar surface area (TPSA) is 59.8 Å². The van der Waals surface area contributed by atoms with Gasteiger partial charge >= 0.3 is 6.18 Å². The smallest absolute Gasteiger partial charge is 0.321 e. The van der Waals surface area contributed by atoms with Crippen LogP contribution in [0.4, 0.5) is 18.9 Å². The predicted octanol–water partition coefficient (Wildman–Crippen LogP) is 4.72. The van der Waals surface area contributed by atoms with Gasteiger partial charge in [-0.25, -0.2) is 9.67 Å². The fourth-order valence-corrected chi connectivity index (χ4v) is 4.47. The van der Waals surface area contributed by atoms with Gasteiger partial charge in [0, 0.05) is 4.88 Å². The first-order valence-electron chi connectivity index (χ1n) is 8.80. The number of hydrogen-bond acceptors (Lipinski definition) is 4. The van der Waals surface area contributed by atoms with Gasteiger partial charge in [0.05, 0.1) is 21.8 Å². The standard InChI is InChI=1S/C19H17F3N4OS/c1-11-2-5-16-12(6-11)7-17(28-16)18(27)25-15-4-3-13(26-10-23-9-24-26)8-14(15)19(20,21)22/h3-4,7-11H,2,5-6H2,1H3,(H,25,27)/t11-/m0/s1. The maximum absolute atomic E-state index is 13.6. The van der Waals surface area contributed by atoms with Gasteiger partial charge in [-0.05, 0) is 55.0 Å². The van der Waals surface area contributed by atoms with Crippen LogP contribution in [-0.2, 0) is 19.0 Å². The Morgan fingerprint density at radius 3 is 2.86 bits per heavy atom. The van der Waals surface area contributed by atoms with Gasteiger partial charge in [-0.15, -0.1) is 11.3 Å². The summed E-state index contributed by atoms with van der Waals surface area (Å²) in [5.41, 5.74) is 0.139. The van der Waals surface area contributed by atoms with Crippen LogP contribution in [-0.4, -0.2) is 20.7 Å². The number of carbonyl (C=O) groups is 1. The second kappa shape index (κ2) is 7.05. The fraction of sp³-hybridized carbons (Fsp3) is 0.316. The lowest BCUT2D eigenvalue weighted by molar-refractivity contribution is -0.136. The van der Waals surface area contributed by atoms with E-state index in [-0.39, 0.29) is 11.4 Å². The molecule has 2 heterocycles. The van der Waals surface area contributed by atoms with E-state index in [0.717, 1.165) is 35.8 Å². The van der Waals surface area contributed by atoms with Crippen molar-refractivity contribution in [3.8, 4) is 5.69 Å². The summed E-state index contributed by atoms with van der Waals surface area (Å²) < 4.78 is 41.9. The van der Waals surface area contributed by atoms with Crippen molar-refractivity contribution in [3.05, 3.63) is 57.8 Å². The summed E-state index contributed by atoms with van der Waals surface area (Å²) >= 11 is 1.36. The number of rotatable bonds is 3. The van der Waals surface area contributed by atoms with Crippen LogP contribution in [0.3, 0.4) is 0 Å². The van der Waals surface area contributed by atoms with E-state index in [9.17, 15) is 18.0 Å². The molecule has 1 aliphatic rings. The minimum Gasteiger partial charge on any atom is -0.321 e. The number of nitrogens with zero attached hydrogens (tertiary/aromatic N) is 3. The Bertz CT molecular complexity index is 1010. The molecule has 0 spiro atoms. The van der Waals surface area contributed by atoms with Gasteiger partial charge in [-0.3, -0.25) is 4.79 Å². The van der Waals surface area contributed by atoms with Gasteiger partial charge in [-0.1, -0.05) is 6.92 Å². The molecule has 146 valence electrons. The first kappa shape index (κ1) is 18.7. The van der Waals surface area contributed by atoms with E-state index in [4.69, 9.17) is 0 Å². The highest BCUT2D eigenvalue weighted by Gasteiger charge is 2.35. The van der Waals surface area contributed by atoms with Crippen LogP contribution >= 0.6 is 11.3 Å². The molecule has 0 unspecified atom stereocenters. The second-order valence-corrected chi connectivity index (χ2v) is 8.07. The second-order valence-electron chi connectivity index (χ2n) is 6.93. The van der Waals surface area contributed by atoms with Crippen LogP contribution in [0.25, 0.3) is 5.69 Å². The molecule has 4 rings (SSSR count). The number of fused-ring (bicyclic) bond motifs is 1. The summed E-state index contributed by atoms with van der Waals surface area (Å²) in [6.45, 7) is 2.16. The van der Waals surface area contributed by atoms with Crippen LogP contribution in [0.2, 0.25) is 0 Å². The number of halogens is 3. The average molecular weight is 406 g/mol. The Labute approximate surface area is 163 Å². The third kappa shape index (κ3) is 3.66. The Balaban J connectivity index is 1.63. The number of aryl methyl sites for hydroxylation is 1. The van der Waals surface area contributed by atoms with Gasteiger partial charge < -0.3 is 5.32 Å². The van der Waals surface area contributed by atoms with Gasteiger partial charge in [0.2, 0.25) is 0 Å². The highest BCUT2D eigenvalue weighted by molar-refractivity contribution is 7.14. The van der Waals surface area contributed by atoms with Crippen molar-refractivity contribution in [2.75, 3.05) is 5.32 Å². The molecule has 1 aliphatic carbocycles. The Hall–Kier alpha value is -2.68. The zero-order chi connectivity index (χ0) is 19.9. The minimum atomic E-state index is -4.62. The number of alkyl halides is 3. The highest BCUT2D eigenvalue weighted by atomic mass is 32.1. The van der Waals surface area contributed by atoms with Crippen LogP contribution < -0.4 is 5.32 Å². The molecule has 28 heavy (non-hydrogen) atoms. The molecule has 0 radical (unpaired) electrons. The first-order valence-corrected chi connectivity index (χ1v) is 9.62. The van der Waals surface area contributed by atoms with Crippen molar-refractivity contribution in [1.82, 2.24) is 14.8 Å². The number of benzene rings is 1. The molecule has 1 amide bonds. The molecule has 0 bridgehead atoms. The zero-order valence-electron chi connectivity index (χ0n) is 15.0. The lowest BCUT2D eigenvalue weighted by Gasteiger charge is -2.16. The van der Waals surface area contributed by atoms with Crippen LogP contribution in [0, 0.1) is 5.92 Å². The molecule has 9 heteroatoms. The van der Waals surface area contributed by atoms with Crippen molar-refractivity contribution < 1.29 is 18.0 Å². The first-order chi connectivity index (χ1) is 13.3. The Morgan fingerprint density at radius 2 is 2.14 bits per heavy atom. The van der Waals surface area contributed by atoms with E-state index in [1.165, 1.54) is 40.8 Å². The SMILES string of the molecule is C[C@H]1CCc2sc(C(=O)Nc3ccc(-n4cncn4)cc3C(F)(F)F)cc2C1. The van der Waals surface area contributed by atoms with E-state index in [2.05, 4.69) is 22.3 Å². The van der Waals surface area contributed by atoms with Crippen LogP contribution in [0.1, 0.15) is 39.0 Å². The molecule has 2 aromatic heterocycles. The van der Waals surface area contributed by atoms with E-state index < -0.39 is 17.6 Å². The molecular weight excluding hydrogens is 389 g/mol. The van der Waals surface area contributed by atoms with Gasteiger partial charge in [0.25, 0.3) is 5.91 Å². The molecule has 0 aliphatic heterocycles. The maximum atomic E-state index is 13.6. The molecule has 1 atom stereocenters. The van der Waals surface area contributed by atoms with Crippen molar-refractivity contribution in [2.24, 2.45) is 5.92 Å². The third-order valence-electron chi connectivity index (χ3n) is 4.79. The van der Waals surface area contributed by atoms with E-state index in [1.54, 1.807) is 0 Å². The molecule has 0 saturated heterocycles. The predicted molar refractivity (Wildman–Crippen MR) is 99.8 cm³/mol. The number of nitrogens with one attached hydrogen (secondary N) is 1. The Morgan fingerprint density at radius 1 is 1.32 bits per heavy atom. The highest BCUT2D eigenvalue weighted by Crippen LogP contribution is 2.37. The van der Waals surface area contributed by atoms with E-state index in [0.29, 0.717) is 10.8 Å². The lowest BCUT2D eigenvalue weighted by atomic mass is 9.90. The van der Waals surface area contributed by atoms with Crippen molar-refractivity contribution >= 4 is 22.9 Å². The lowest BCUT2D eigenvalue weighted by Crippen LogP contribution is -2.16. The third-order valence-corrected chi connectivity index (χ3v) is 6.03. The summed E-state index contributed by atoms with van der Waals surface area (Å²) in [7, 11) is 0. The number of carbonyl (C=O) groups excluding carboxylic acids is 1. The number of thiophene rings is 1. The number of amides is 1. The molecule has 1 aromatic carbocycles. The van der Waals surface area contributed by atoms with Crippen LogP contribution in [0.15, 0.2) is 36.9 Å². The zero-order valence-corrected chi connectivity index (χ0v) is 15.8. The Kier molecular flexibility index (Phi) is 4.70. The molecule has 3 aromatic rings. The fourth-order valence-electron chi connectivity index (χ4n) is 3.36. The molecule has 5 nitrogen and oxygen atoms in total. The number of hydrogen-bond donors (Lipinski definition) is 1. The van der Waals surface area contributed by atoms with Crippen molar-refractivity contribution in [3.63, 3.8) is 0 Å². The van der Waals surface area contributed by atoms with Gasteiger partial charge in [0.15, 0.2) is 0 Å². The maximum Gasteiger partial charge on any atom is 0.418 e. The summed E-state index contributed by atoms with van der Waals surface area (Å²) in [6.07, 6.45) is 0.807. The normalized spacial score (nSPS) is 16.6. The van der Waals surface area contributed by atoms with Crippen molar-refractivity contribution in [2.45, 2.75) is 32.4 Å². The van der Waals surface area contributed by atoms with Crippen LogP contribution in [0.5, 0.6) is 0 Å².